The van der Waals surface area contributed by atoms with Gasteiger partial charge in [0.1, 0.15) is 11.5 Å². The Balaban J connectivity index is 2.22. The minimum absolute atomic E-state index is 0.425. The van der Waals surface area contributed by atoms with Gasteiger partial charge in [0, 0.05) is 12.1 Å². The molecule has 4 nitrogen and oxygen atoms in total. The maximum atomic E-state index is 11.5. The molecule has 2 aromatic rings. The number of aromatic nitrogens is 2. The van der Waals surface area contributed by atoms with Crippen LogP contribution in [0.5, 0.6) is 0 Å². The fourth-order valence-electron chi connectivity index (χ4n) is 2.77. The van der Waals surface area contributed by atoms with Gasteiger partial charge >= 0.3 is 0 Å². The lowest BCUT2D eigenvalue weighted by molar-refractivity contribution is 0.0994. The van der Waals surface area contributed by atoms with Gasteiger partial charge in [-0.15, -0.1) is 0 Å². The molecular weight excluding hydrogens is 238 g/mol. The maximum absolute atomic E-state index is 11.5. The van der Waals surface area contributed by atoms with Crippen molar-refractivity contribution in [1.82, 2.24) is 9.55 Å². The Labute approximate surface area is 112 Å². The Morgan fingerprint density at radius 2 is 2.11 bits per heavy atom. The normalized spacial score (nSPS) is 14.2. The van der Waals surface area contributed by atoms with E-state index in [1.807, 2.05) is 18.2 Å². The average molecular weight is 255 g/mol. The number of carbonyl (C=O) groups excluding carboxylic acids is 1. The summed E-state index contributed by atoms with van der Waals surface area (Å²) >= 11 is 0. The van der Waals surface area contributed by atoms with Crippen LogP contribution >= 0.6 is 0 Å². The molecule has 1 aromatic heterocycles. The summed E-state index contributed by atoms with van der Waals surface area (Å²) in [6.07, 6.45) is 3.11. The molecule has 0 atom stereocenters. The lowest BCUT2D eigenvalue weighted by Crippen LogP contribution is -2.17. The monoisotopic (exact) mass is 255 g/mol. The smallest absolute Gasteiger partial charge is 0.269 e. The van der Waals surface area contributed by atoms with Crippen molar-refractivity contribution in [3.8, 4) is 11.4 Å². The van der Waals surface area contributed by atoms with Crippen molar-refractivity contribution in [3.05, 3.63) is 41.2 Å². The van der Waals surface area contributed by atoms with E-state index in [9.17, 15) is 4.79 Å². The summed E-state index contributed by atoms with van der Waals surface area (Å²) in [4.78, 5) is 16.1. The van der Waals surface area contributed by atoms with E-state index in [0.717, 1.165) is 48.5 Å². The quantitative estimate of drug-likeness (QED) is 0.895. The van der Waals surface area contributed by atoms with E-state index in [-0.39, 0.29) is 0 Å². The third-order valence-electron chi connectivity index (χ3n) is 3.74. The summed E-state index contributed by atoms with van der Waals surface area (Å²) in [7, 11) is 0. The van der Waals surface area contributed by atoms with Gasteiger partial charge in [0.2, 0.25) is 0 Å². The zero-order valence-electron chi connectivity index (χ0n) is 11.0. The molecule has 0 spiro atoms. The summed E-state index contributed by atoms with van der Waals surface area (Å²) in [6, 6.07) is 8.11. The second kappa shape index (κ2) is 4.53. The van der Waals surface area contributed by atoms with Crippen molar-refractivity contribution >= 4 is 5.91 Å². The summed E-state index contributed by atoms with van der Waals surface area (Å²) in [6.45, 7) is 2.98. The molecule has 0 bridgehead atoms. The second-order valence-electron chi connectivity index (χ2n) is 5.02. The Bertz CT molecular complexity index is 643. The van der Waals surface area contributed by atoms with Gasteiger partial charge in [0.25, 0.3) is 5.91 Å². The zero-order valence-corrected chi connectivity index (χ0v) is 11.0. The molecule has 2 heterocycles. The Morgan fingerprint density at radius 1 is 1.32 bits per heavy atom. The topological polar surface area (TPSA) is 60.9 Å². The number of amides is 1. The van der Waals surface area contributed by atoms with Gasteiger partial charge in [0.05, 0.1) is 5.69 Å². The van der Waals surface area contributed by atoms with E-state index in [4.69, 9.17) is 5.73 Å². The van der Waals surface area contributed by atoms with Crippen molar-refractivity contribution in [2.75, 3.05) is 0 Å². The summed E-state index contributed by atoms with van der Waals surface area (Å²) < 4.78 is 2.16. The Kier molecular flexibility index (Phi) is 2.85. The number of fused-ring (bicyclic) bond motifs is 1. The largest absolute Gasteiger partial charge is 0.364 e. The standard InChI is InChI=1S/C15H17N3O/c1-10-6-2-3-7-11(10)15-17-13(14(16)19)12-8-4-5-9-18(12)15/h2-3,6-7H,4-5,8-9H2,1H3,(H2,16,19). The first-order chi connectivity index (χ1) is 9.18. The van der Waals surface area contributed by atoms with E-state index in [2.05, 4.69) is 22.5 Å². The van der Waals surface area contributed by atoms with E-state index in [1.165, 1.54) is 0 Å². The lowest BCUT2D eigenvalue weighted by atomic mass is 10.1. The molecule has 98 valence electrons. The van der Waals surface area contributed by atoms with Crippen molar-refractivity contribution < 1.29 is 4.79 Å². The van der Waals surface area contributed by atoms with Gasteiger partial charge in [-0.25, -0.2) is 4.98 Å². The number of imidazole rings is 1. The number of nitrogens with two attached hydrogens (primary N) is 1. The summed E-state index contributed by atoms with van der Waals surface area (Å²) in [5.74, 6) is 0.451. The van der Waals surface area contributed by atoms with Crippen molar-refractivity contribution in [3.63, 3.8) is 0 Å². The van der Waals surface area contributed by atoms with Crippen molar-refractivity contribution in [2.45, 2.75) is 32.7 Å². The molecule has 19 heavy (non-hydrogen) atoms. The van der Waals surface area contributed by atoms with Crippen LogP contribution in [0, 0.1) is 6.92 Å². The fourth-order valence-corrected chi connectivity index (χ4v) is 2.77. The van der Waals surface area contributed by atoms with Crippen LogP contribution in [-0.2, 0) is 13.0 Å². The summed E-state index contributed by atoms with van der Waals surface area (Å²) in [5, 5.41) is 0. The SMILES string of the molecule is Cc1ccccc1-c1nc(C(N)=O)c2n1CCCC2. The molecule has 0 saturated heterocycles. The van der Waals surface area contributed by atoms with E-state index < -0.39 is 5.91 Å². The number of rotatable bonds is 2. The second-order valence-corrected chi connectivity index (χ2v) is 5.02. The number of nitrogens with zero attached hydrogens (tertiary/aromatic N) is 2. The van der Waals surface area contributed by atoms with Gasteiger partial charge in [-0.3, -0.25) is 4.79 Å². The number of hydrogen-bond acceptors (Lipinski definition) is 2. The van der Waals surface area contributed by atoms with Gasteiger partial charge in [-0.2, -0.15) is 0 Å². The van der Waals surface area contributed by atoms with Crippen LogP contribution < -0.4 is 5.73 Å². The number of carbonyl (C=O) groups is 1. The number of aryl methyl sites for hydroxylation is 1. The first kappa shape index (κ1) is 12.0. The van der Waals surface area contributed by atoms with Crippen LogP contribution in [0.1, 0.15) is 34.6 Å². The Morgan fingerprint density at radius 3 is 2.84 bits per heavy atom. The first-order valence-corrected chi connectivity index (χ1v) is 6.63. The number of benzene rings is 1. The fraction of sp³-hybridized carbons (Fsp3) is 0.333. The lowest BCUT2D eigenvalue weighted by Gasteiger charge is -2.17. The number of hydrogen-bond donors (Lipinski definition) is 1. The van der Waals surface area contributed by atoms with Crippen LogP contribution in [0.2, 0.25) is 0 Å². The molecule has 3 rings (SSSR count). The molecule has 1 aliphatic rings. The molecule has 1 aromatic carbocycles. The van der Waals surface area contributed by atoms with Gasteiger partial charge in [-0.05, 0) is 31.7 Å². The molecule has 0 fully saturated rings. The molecule has 4 heteroatoms. The van der Waals surface area contributed by atoms with Crippen molar-refractivity contribution in [2.24, 2.45) is 5.73 Å². The number of primary amides is 1. The van der Waals surface area contributed by atoms with Crippen LogP contribution in [0.3, 0.4) is 0 Å². The van der Waals surface area contributed by atoms with Gasteiger partial charge in [0.15, 0.2) is 0 Å². The molecule has 0 unspecified atom stereocenters. The highest BCUT2D eigenvalue weighted by molar-refractivity contribution is 5.93. The highest BCUT2D eigenvalue weighted by Gasteiger charge is 2.23. The average Bonchev–Trinajstić information content (AvgIpc) is 2.79. The molecule has 1 amide bonds. The first-order valence-electron chi connectivity index (χ1n) is 6.63. The summed E-state index contributed by atoms with van der Waals surface area (Å²) in [5.41, 5.74) is 9.14. The third kappa shape index (κ3) is 1.93. The van der Waals surface area contributed by atoms with Crippen LogP contribution in [0.4, 0.5) is 0 Å². The minimum Gasteiger partial charge on any atom is -0.364 e. The van der Waals surface area contributed by atoms with Crippen LogP contribution in [0.15, 0.2) is 24.3 Å². The molecule has 0 saturated carbocycles. The van der Waals surface area contributed by atoms with Crippen LogP contribution in [0.25, 0.3) is 11.4 Å². The highest BCUT2D eigenvalue weighted by atomic mass is 16.1. The minimum atomic E-state index is -0.425. The zero-order chi connectivity index (χ0) is 13.4. The Hall–Kier alpha value is -2.10. The maximum Gasteiger partial charge on any atom is 0.269 e. The van der Waals surface area contributed by atoms with Gasteiger partial charge < -0.3 is 10.3 Å². The third-order valence-corrected chi connectivity index (χ3v) is 3.74. The molecule has 2 N–H and O–H groups in total. The van der Waals surface area contributed by atoms with Crippen molar-refractivity contribution in [1.29, 1.82) is 0 Å². The molecular formula is C15H17N3O. The van der Waals surface area contributed by atoms with E-state index >= 15 is 0 Å². The van der Waals surface area contributed by atoms with E-state index in [1.54, 1.807) is 0 Å². The predicted molar refractivity (Wildman–Crippen MR) is 73.9 cm³/mol. The predicted octanol–water partition coefficient (Wildman–Crippen LogP) is 2.29. The van der Waals surface area contributed by atoms with Gasteiger partial charge in [-0.1, -0.05) is 24.3 Å². The molecule has 0 radical (unpaired) electrons. The molecule has 0 aliphatic carbocycles. The highest BCUT2D eigenvalue weighted by Crippen LogP contribution is 2.29. The van der Waals surface area contributed by atoms with E-state index in [0.29, 0.717) is 5.69 Å². The molecule has 1 aliphatic heterocycles. The van der Waals surface area contributed by atoms with Crippen LogP contribution in [-0.4, -0.2) is 15.5 Å².